The average molecular weight is 409 g/mol. The first-order chi connectivity index (χ1) is 14.6. The summed E-state index contributed by atoms with van der Waals surface area (Å²) in [5, 5.41) is 10.1. The molecular weight excluding hydrogens is 382 g/mol. The van der Waals surface area contributed by atoms with Crippen LogP contribution in [-0.4, -0.2) is 51.2 Å². The second kappa shape index (κ2) is 8.69. The fourth-order valence-electron chi connectivity index (χ4n) is 4.24. The molecular formula is C22H27N5O3. The summed E-state index contributed by atoms with van der Waals surface area (Å²) in [5.41, 5.74) is 1.36. The lowest BCUT2D eigenvalue weighted by atomic mass is 9.98. The zero-order valence-electron chi connectivity index (χ0n) is 17.0. The zero-order chi connectivity index (χ0) is 21.0. The highest BCUT2D eigenvalue weighted by atomic mass is 16.2. The second-order valence-corrected chi connectivity index (χ2v) is 8.01. The van der Waals surface area contributed by atoms with Gasteiger partial charge in [0.2, 0.25) is 5.91 Å². The maximum absolute atomic E-state index is 12.6. The van der Waals surface area contributed by atoms with Crippen LogP contribution in [0.3, 0.4) is 0 Å². The summed E-state index contributed by atoms with van der Waals surface area (Å²) in [6, 6.07) is 9.53. The average Bonchev–Trinajstić information content (AvgIpc) is 3.46. The van der Waals surface area contributed by atoms with Crippen LogP contribution in [-0.2, 0) is 16.0 Å². The minimum absolute atomic E-state index is 0.0758. The van der Waals surface area contributed by atoms with Gasteiger partial charge in [-0.3, -0.25) is 14.5 Å². The van der Waals surface area contributed by atoms with Crippen LogP contribution in [0.15, 0.2) is 42.7 Å². The first-order valence-corrected chi connectivity index (χ1v) is 10.6. The Kier molecular flexibility index (Phi) is 5.83. The molecule has 1 saturated heterocycles. The minimum atomic E-state index is -0.677. The molecule has 2 heterocycles. The SMILES string of the molecule is O=C(CCCN1C(=O)NC2(CCCC2)C1=O)NCCc1cnn(-c2ccccc2)c1. The molecule has 1 aliphatic carbocycles. The molecule has 2 N–H and O–H groups in total. The molecule has 0 atom stereocenters. The van der Waals surface area contributed by atoms with Gasteiger partial charge in [-0.15, -0.1) is 0 Å². The van der Waals surface area contributed by atoms with Crippen molar-refractivity contribution >= 4 is 17.8 Å². The highest BCUT2D eigenvalue weighted by Crippen LogP contribution is 2.35. The number of amides is 4. The van der Waals surface area contributed by atoms with Crippen molar-refractivity contribution in [3.8, 4) is 5.69 Å². The lowest BCUT2D eigenvalue weighted by Gasteiger charge is -2.19. The summed E-state index contributed by atoms with van der Waals surface area (Å²) in [6.45, 7) is 0.801. The molecule has 2 aliphatic rings. The Labute approximate surface area is 175 Å². The van der Waals surface area contributed by atoms with Gasteiger partial charge in [-0.05, 0) is 43.4 Å². The van der Waals surface area contributed by atoms with E-state index in [1.807, 2.05) is 41.2 Å². The lowest BCUT2D eigenvalue weighted by Crippen LogP contribution is -2.44. The lowest BCUT2D eigenvalue weighted by molar-refractivity contribution is -0.131. The van der Waals surface area contributed by atoms with Gasteiger partial charge in [0.25, 0.3) is 5.91 Å². The molecule has 8 heteroatoms. The highest BCUT2D eigenvalue weighted by molar-refractivity contribution is 6.07. The molecule has 8 nitrogen and oxygen atoms in total. The van der Waals surface area contributed by atoms with Crippen LogP contribution in [0.25, 0.3) is 5.69 Å². The van der Waals surface area contributed by atoms with E-state index in [2.05, 4.69) is 15.7 Å². The van der Waals surface area contributed by atoms with Gasteiger partial charge >= 0.3 is 6.03 Å². The molecule has 158 valence electrons. The van der Waals surface area contributed by atoms with Gasteiger partial charge in [-0.1, -0.05) is 31.0 Å². The molecule has 0 bridgehead atoms. The number of carbonyl (C=O) groups is 3. The Hall–Kier alpha value is -3.16. The summed E-state index contributed by atoms with van der Waals surface area (Å²) < 4.78 is 1.81. The van der Waals surface area contributed by atoms with E-state index in [-0.39, 0.29) is 30.8 Å². The molecule has 30 heavy (non-hydrogen) atoms. The largest absolute Gasteiger partial charge is 0.356 e. The van der Waals surface area contributed by atoms with E-state index in [0.717, 1.165) is 36.9 Å². The van der Waals surface area contributed by atoms with Crippen molar-refractivity contribution in [1.29, 1.82) is 0 Å². The maximum atomic E-state index is 12.6. The molecule has 1 aromatic heterocycles. The monoisotopic (exact) mass is 409 g/mol. The molecule has 0 radical (unpaired) electrons. The summed E-state index contributed by atoms with van der Waals surface area (Å²) in [5.74, 6) is -0.200. The zero-order valence-corrected chi connectivity index (χ0v) is 17.0. The van der Waals surface area contributed by atoms with Gasteiger partial charge in [0, 0.05) is 25.7 Å². The van der Waals surface area contributed by atoms with Crippen molar-refractivity contribution in [2.75, 3.05) is 13.1 Å². The molecule has 4 amide bonds. The molecule has 1 saturated carbocycles. The van der Waals surface area contributed by atoms with Crippen LogP contribution in [0.4, 0.5) is 4.79 Å². The number of rotatable bonds is 8. The number of aromatic nitrogens is 2. The number of para-hydroxylation sites is 1. The number of imide groups is 1. The molecule has 1 aromatic carbocycles. The Balaban J connectivity index is 1.17. The Bertz CT molecular complexity index is 918. The van der Waals surface area contributed by atoms with Gasteiger partial charge in [0.15, 0.2) is 0 Å². The fourth-order valence-corrected chi connectivity index (χ4v) is 4.24. The molecule has 1 aliphatic heterocycles. The molecule has 0 unspecified atom stereocenters. The van der Waals surface area contributed by atoms with Gasteiger partial charge in [-0.25, -0.2) is 9.48 Å². The van der Waals surface area contributed by atoms with E-state index < -0.39 is 5.54 Å². The van der Waals surface area contributed by atoms with Crippen LogP contribution in [0, 0.1) is 0 Å². The van der Waals surface area contributed by atoms with E-state index >= 15 is 0 Å². The summed E-state index contributed by atoms with van der Waals surface area (Å²) in [6.07, 6.45) is 8.56. The second-order valence-electron chi connectivity index (χ2n) is 8.01. The predicted octanol–water partition coefficient (Wildman–Crippen LogP) is 2.18. The standard InChI is InChI=1S/C22H27N5O3/c28-19(9-6-14-26-20(29)22(25-21(26)30)11-4-5-12-22)23-13-10-17-15-24-27(16-17)18-7-2-1-3-8-18/h1-3,7-8,15-16H,4-6,9-14H2,(H,23,28)(H,25,30). The van der Waals surface area contributed by atoms with Crippen molar-refractivity contribution in [1.82, 2.24) is 25.3 Å². The Morgan fingerprint density at radius 2 is 1.93 bits per heavy atom. The smallest absolute Gasteiger partial charge is 0.325 e. The van der Waals surface area contributed by atoms with E-state index in [4.69, 9.17) is 0 Å². The normalized spacial score (nSPS) is 17.5. The Morgan fingerprint density at radius 3 is 2.70 bits per heavy atom. The Morgan fingerprint density at radius 1 is 1.17 bits per heavy atom. The van der Waals surface area contributed by atoms with Gasteiger partial charge < -0.3 is 10.6 Å². The number of nitrogens with one attached hydrogen (secondary N) is 2. The van der Waals surface area contributed by atoms with Crippen molar-refractivity contribution in [3.63, 3.8) is 0 Å². The number of hydrogen-bond acceptors (Lipinski definition) is 4. The predicted molar refractivity (Wildman–Crippen MR) is 111 cm³/mol. The van der Waals surface area contributed by atoms with Gasteiger partial charge in [0.1, 0.15) is 5.54 Å². The number of carbonyl (C=O) groups excluding carboxylic acids is 3. The van der Waals surface area contributed by atoms with E-state index in [1.165, 1.54) is 4.90 Å². The van der Waals surface area contributed by atoms with Crippen molar-refractivity contribution in [3.05, 3.63) is 48.3 Å². The third kappa shape index (κ3) is 4.22. The number of urea groups is 1. The fraction of sp³-hybridized carbons (Fsp3) is 0.455. The topological polar surface area (TPSA) is 96.3 Å². The molecule has 4 rings (SSSR count). The number of nitrogens with zero attached hydrogens (tertiary/aromatic N) is 3. The van der Waals surface area contributed by atoms with E-state index in [1.54, 1.807) is 6.20 Å². The van der Waals surface area contributed by atoms with E-state index in [9.17, 15) is 14.4 Å². The van der Waals surface area contributed by atoms with Crippen LogP contribution in [0.2, 0.25) is 0 Å². The van der Waals surface area contributed by atoms with Crippen LogP contribution in [0.1, 0.15) is 44.1 Å². The number of hydrogen-bond donors (Lipinski definition) is 2. The van der Waals surface area contributed by atoms with Gasteiger partial charge in [-0.2, -0.15) is 5.10 Å². The van der Waals surface area contributed by atoms with Crippen molar-refractivity contribution in [2.24, 2.45) is 0 Å². The molecule has 2 fully saturated rings. The highest BCUT2D eigenvalue weighted by Gasteiger charge is 2.51. The van der Waals surface area contributed by atoms with Crippen molar-refractivity contribution < 1.29 is 14.4 Å². The third-order valence-electron chi connectivity index (χ3n) is 5.88. The third-order valence-corrected chi connectivity index (χ3v) is 5.88. The first kappa shape index (κ1) is 20.1. The quantitative estimate of drug-likeness (QED) is 0.653. The van der Waals surface area contributed by atoms with Crippen LogP contribution < -0.4 is 10.6 Å². The molecule has 1 spiro atoms. The number of benzene rings is 1. The summed E-state index contributed by atoms with van der Waals surface area (Å²) in [4.78, 5) is 38.1. The summed E-state index contributed by atoms with van der Waals surface area (Å²) >= 11 is 0. The molecule has 2 aromatic rings. The maximum Gasteiger partial charge on any atom is 0.325 e. The van der Waals surface area contributed by atoms with Crippen molar-refractivity contribution in [2.45, 2.75) is 50.5 Å². The first-order valence-electron chi connectivity index (χ1n) is 10.6. The van der Waals surface area contributed by atoms with Crippen LogP contribution in [0.5, 0.6) is 0 Å². The summed E-state index contributed by atoms with van der Waals surface area (Å²) in [7, 11) is 0. The van der Waals surface area contributed by atoms with Gasteiger partial charge in [0.05, 0.1) is 11.9 Å². The minimum Gasteiger partial charge on any atom is -0.356 e. The van der Waals surface area contributed by atoms with E-state index in [0.29, 0.717) is 19.4 Å². The van der Waals surface area contributed by atoms with Crippen LogP contribution >= 0.6 is 0 Å².